The zero-order valence-electron chi connectivity index (χ0n) is 25.6. The average Bonchev–Trinajstić information content (AvgIpc) is 3.41. The summed E-state index contributed by atoms with van der Waals surface area (Å²) in [5, 5.41) is 12.0. The normalized spacial score (nSPS) is 17.3. The van der Waals surface area contributed by atoms with Crippen molar-refractivity contribution in [2.24, 2.45) is 11.7 Å². The molecule has 258 valence electrons. The molecule has 1 aliphatic heterocycles. The summed E-state index contributed by atoms with van der Waals surface area (Å²) in [6.07, 6.45) is -16.7. The van der Waals surface area contributed by atoms with E-state index in [1.807, 2.05) is 0 Å². The number of halogens is 9. The quantitative estimate of drug-likeness (QED) is 0.251. The van der Waals surface area contributed by atoms with E-state index in [1.54, 1.807) is 27.7 Å². The van der Waals surface area contributed by atoms with Crippen LogP contribution in [0.2, 0.25) is 0 Å². The molecule has 1 aromatic heterocycles. The zero-order chi connectivity index (χ0) is 35.1. The second-order valence-corrected chi connectivity index (χ2v) is 11.7. The van der Waals surface area contributed by atoms with E-state index in [1.165, 1.54) is 9.80 Å². The van der Waals surface area contributed by atoms with Gasteiger partial charge in [0.25, 0.3) is 5.95 Å². The van der Waals surface area contributed by atoms with E-state index < -0.39 is 71.6 Å². The van der Waals surface area contributed by atoms with Gasteiger partial charge >= 0.3 is 24.6 Å². The SMILES string of the molecule is CC(C)OC(=O)N1c2ccc(C(F)(F)F)cc2C(N(Cc2cc(C(F)(F)F)cc(C(F)(F)F)c2)c2nnn(CCN)n2)CC1C(C)C. The van der Waals surface area contributed by atoms with Crippen molar-refractivity contribution in [1.29, 1.82) is 0 Å². The summed E-state index contributed by atoms with van der Waals surface area (Å²) in [6, 6.07) is 1.73. The van der Waals surface area contributed by atoms with Gasteiger partial charge in [0, 0.05) is 19.1 Å². The molecule has 3 aromatic rings. The second kappa shape index (κ2) is 13.2. The fourth-order valence-electron chi connectivity index (χ4n) is 5.40. The van der Waals surface area contributed by atoms with Crippen molar-refractivity contribution in [3.8, 4) is 0 Å². The maximum absolute atomic E-state index is 14.0. The maximum atomic E-state index is 14.0. The van der Waals surface area contributed by atoms with Crippen LogP contribution in [0.3, 0.4) is 0 Å². The van der Waals surface area contributed by atoms with E-state index >= 15 is 0 Å². The van der Waals surface area contributed by atoms with Crippen LogP contribution in [0.25, 0.3) is 0 Å². The molecular weight excluding hydrogens is 649 g/mol. The Kier molecular flexibility index (Phi) is 10.0. The minimum absolute atomic E-state index is 0.0120. The third kappa shape index (κ3) is 8.08. The second-order valence-electron chi connectivity index (χ2n) is 11.7. The molecule has 1 amide bonds. The first-order chi connectivity index (χ1) is 21.7. The van der Waals surface area contributed by atoms with Crippen molar-refractivity contribution in [2.45, 2.75) is 83.9 Å². The molecule has 2 atom stereocenters. The van der Waals surface area contributed by atoms with E-state index in [-0.39, 0.29) is 48.7 Å². The molecule has 18 heteroatoms. The number of amides is 1. The summed E-state index contributed by atoms with van der Waals surface area (Å²) in [4.78, 5) is 16.8. The Hall–Kier alpha value is -4.09. The lowest BCUT2D eigenvalue weighted by Crippen LogP contribution is -2.50. The van der Waals surface area contributed by atoms with Gasteiger partial charge in [-0.1, -0.05) is 18.9 Å². The molecule has 2 unspecified atom stereocenters. The molecule has 0 saturated carbocycles. The third-order valence-electron chi connectivity index (χ3n) is 7.48. The minimum Gasteiger partial charge on any atom is -0.446 e. The Morgan fingerprint density at radius 1 is 0.936 bits per heavy atom. The lowest BCUT2D eigenvalue weighted by molar-refractivity contribution is -0.143. The number of nitrogens with two attached hydrogens (primary N) is 1. The summed E-state index contributed by atoms with van der Waals surface area (Å²) in [5.41, 5.74) is 0.754. The summed E-state index contributed by atoms with van der Waals surface area (Å²) in [5.74, 6) is -0.640. The number of alkyl halides is 9. The molecule has 0 fully saturated rings. The number of fused-ring (bicyclic) bond motifs is 1. The number of nitrogens with zero attached hydrogens (tertiary/aromatic N) is 6. The summed E-state index contributed by atoms with van der Waals surface area (Å²) in [6.45, 7) is 6.04. The van der Waals surface area contributed by atoms with Gasteiger partial charge in [0.15, 0.2) is 0 Å². The van der Waals surface area contributed by atoms with Gasteiger partial charge in [-0.25, -0.2) is 4.79 Å². The number of rotatable bonds is 8. The molecule has 0 bridgehead atoms. The van der Waals surface area contributed by atoms with Gasteiger partial charge in [-0.3, -0.25) is 4.90 Å². The van der Waals surface area contributed by atoms with Crippen LogP contribution in [-0.2, 0) is 36.4 Å². The third-order valence-corrected chi connectivity index (χ3v) is 7.48. The molecule has 4 rings (SSSR count). The molecule has 0 radical (unpaired) electrons. The summed E-state index contributed by atoms with van der Waals surface area (Å²) in [7, 11) is 0. The number of carbonyl (C=O) groups excluding carboxylic acids is 1. The van der Waals surface area contributed by atoms with Gasteiger partial charge in [0.1, 0.15) is 0 Å². The highest BCUT2D eigenvalue weighted by molar-refractivity contribution is 5.90. The smallest absolute Gasteiger partial charge is 0.416 e. The molecule has 47 heavy (non-hydrogen) atoms. The Balaban J connectivity index is 1.97. The lowest BCUT2D eigenvalue weighted by Gasteiger charge is -2.45. The van der Waals surface area contributed by atoms with Crippen LogP contribution in [0.4, 0.5) is 55.9 Å². The number of benzene rings is 2. The molecule has 0 spiro atoms. The first kappa shape index (κ1) is 35.8. The minimum atomic E-state index is -5.15. The number of carbonyl (C=O) groups is 1. The highest BCUT2D eigenvalue weighted by Gasteiger charge is 2.44. The van der Waals surface area contributed by atoms with Gasteiger partial charge < -0.3 is 15.4 Å². The maximum Gasteiger partial charge on any atom is 0.416 e. The highest BCUT2D eigenvalue weighted by Crippen LogP contribution is 2.47. The largest absolute Gasteiger partial charge is 0.446 e. The first-order valence-electron chi connectivity index (χ1n) is 14.4. The standard InChI is InChI=1S/C29H32F9N7O2/c1-15(2)23-13-24(21-12-18(27(30,31)32)5-6-22(21)45(23)26(46)47-16(3)4)43(25-40-42-44(41-25)8-7-39)14-17-9-19(28(33,34)35)11-20(10-17)29(36,37)38/h5-6,9-12,15-16,23-24H,7-8,13-14,39H2,1-4H3. The number of tetrazole rings is 1. The summed E-state index contributed by atoms with van der Waals surface area (Å²) < 4.78 is 130. The lowest BCUT2D eigenvalue weighted by atomic mass is 9.84. The van der Waals surface area contributed by atoms with Crippen LogP contribution in [0.1, 0.15) is 68.0 Å². The molecule has 9 nitrogen and oxygen atoms in total. The number of ether oxygens (including phenoxy) is 1. The van der Waals surface area contributed by atoms with Gasteiger partial charge in [0.2, 0.25) is 0 Å². The fraction of sp³-hybridized carbons (Fsp3) is 0.517. The molecule has 2 heterocycles. The van der Waals surface area contributed by atoms with Crippen molar-refractivity contribution < 1.29 is 49.0 Å². The summed E-state index contributed by atoms with van der Waals surface area (Å²) >= 11 is 0. The van der Waals surface area contributed by atoms with Crippen molar-refractivity contribution in [2.75, 3.05) is 16.3 Å². The highest BCUT2D eigenvalue weighted by atomic mass is 19.4. The monoisotopic (exact) mass is 681 g/mol. The molecule has 0 saturated heterocycles. The molecule has 0 aliphatic carbocycles. The number of hydrogen-bond donors (Lipinski definition) is 1. The van der Waals surface area contributed by atoms with E-state index in [0.29, 0.717) is 12.1 Å². The predicted octanol–water partition coefficient (Wildman–Crippen LogP) is 7.22. The van der Waals surface area contributed by atoms with Gasteiger partial charge in [-0.15, -0.1) is 5.10 Å². The van der Waals surface area contributed by atoms with E-state index in [0.717, 1.165) is 23.0 Å². The Bertz CT molecular complexity index is 1540. The van der Waals surface area contributed by atoms with Crippen LogP contribution >= 0.6 is 0 Å². The van der Waals surface area contributed by atoms with Crippen LogP contribution in [0, 0.1) is 5.92 Å². The van der Waals surface area contributed by atoms with Gasteiger partial charge in [-0.05, 0) is 78.9 Å². The van der Waals surface area contributed by atoms with E-state index in [2.05, 4.69) is 15.4 Å². The van der Waals surface area contributed by atoms with Crippen molar-refractivity contribution in [3.63, 3.8) is 0 Å². The van der Waals surface area contributed by atoms with Crippen LogP contribution in [0.5, 0.6) is 0 Å². The molecule has 2 N–H and O–H groups in total. The van der Waals surface area contributed by atoms with Gasteiger partial charge in [-0.2, -0.15) is 44.3 Å². The van der Waals surface area contributed by atoms with Crippen molar-refractivity contribution >= 4 is 17.7 Å². The zero-order valence-corrected chi connectivity index (χ0v) is 25.6. The molecule has 1 aliphatic rings. The Labute approximate surface area is 263 Å². The van der Waals surface area contributed by atoms with Crippen LogP contribution in [-0.4, -0.2) is 45.0 Å². The molecular formula is C29H32F9N7O2. The number of anilines is 2. The topological polar surface area (TPSA) is 102 Å². The Morgan fingerprint density at radius 2 is 1.53 bits per heavy atom. The number of aromatic nitrogens is 4. The van der Waals surface area contributed by atoms with Crippen LogP contribution in [0.15, 0.2) is 36.4 Å². The predicted molar refractivity (Wildman–Crippen MR) is 151 cm³/mol. The average molecular weight is 682 g/mol. The van der Waals surface area contributed by atoms with E-state index in [4.69, 9.17) is 10.5 Å². The van der Waals surface area contributed by atoms with Crippen molar-refractivity contribution in [1.82, 2.24) is 20.2 Å². The van der Waals surface area contributed by atoms with Crippen molar-refractivity contribution in [3.05, 3.63) is 64.2 Å². The first-order valence-corrected chi connectivity index (χ1v) is 14.4. The Morgan fingerprint density at radius 3 is 2.04 bits per heavy atom. The fourth-order valence-corrected chi connectivity index (χ4v) is 5.40. The number of hydrogen-bond acceptors (Lipinski definition) is 7. The molecule has 2 aromatic carbocycles. The van der Waals surface area contributed by atoms with Gasteiger partial charge in [0.05, 0.1) is 41.1 Å². The van der Waals surface area contributed by atoms with Crippen LogP contribution < -0.4 is 15.5 Å². The van der Waals surface area contributed by atoms with E-state index in [9.17, 15) is 44.3 Å².